The summed E-state index contributed by atoms with van der Waals surface area (Å²) in [6, 6.07) is 6.73. The summed E-state index contributed by atoms with van der Waals surface area (Å²) in [5.41, 5.74) is 0.991. The zero-order valence-corrected chi connectivity index (χ0v) is 20.7. The van der Waals surface area contributed by atoms with Crippen LogP contribution in [0.5, 0.6) is 0 Å². The smallest absolute Gasteiger partial charge is 0.244 e. The van der Waals surface area contributed by atoms with E-state index in [4.69, 9.17) is 0 Å². The maximum Gasteiger partial charge on any atom is 0.244 e. The number of nitrogens with one attached hydrogen (secondary N) is 2. The summed E-state index contributed by atoms with van der Waals surface area (Å²) in [4.78, 5) is 25.5. The van der Waals surface area contributed by atoms with Crippen molar-refractivity contribution in [2.75, 3.05) is 39.8 Å². The van der Waals surface area contributed by atoms with Gasteiger partial charge in [0, 0.05) is 63.6 Å². The predicted octanol–water partition coefficient (Wildman–Crippen LogP) is 1.98. The Morgan fingerprint density at radius 3 is 2.72 bits per heavy atom. The zero-order chi connectivity index (χ0) is 20.5. The van der Waals surface area contributed by atoms with E-state index < -0.39 is 0 Å². The molecule has 0 saturated carbocycles. The minimum Gasteiger partial charge on any atom is -0.357 e. The fourth-order valence-corrected chi connectivity index (χ4v) is 3.33. The lowest BCUT2D eigenvalue weighted by molar-refractivity contribution is -0.128. The van der Waals surface area contributed by atoms with Crippen LogP contribution in [-0.2, 0) is 11.2 Å². The van der Waals surface area contributed by atoms with Crippen molar-refractivity contribution in [3.05, 3.63) is 30.1 Å². The first kappa shape index (κ1) is 25.6. The van der Waals surface area contributed by atoms with Crippen molar-refractivity contribution in [2.24, 2.45) is 10.9 Å². The van der Waals surface area contributed by atoms with Crippen molar-refractivity contribution in [3.8, 4) is 0 Å². The van der Waals surface area contributed by atoms with Gasteiger partial charge in [-0.05, 0) is 38.8 Å². The SMILES string of the molecule is CCNC(=NCC(=O)N(C)CCc1ccccn1)NC1CN(C(C)C)CC1C.I. The number of guanidine groups is 1. The molecule has 8 heteroatoms. The molecule has 0 aliphatic carbocycles. The molecule has 29 heavy (non-hydrogen) atoms. The number of rotatable bonds is 8. The number of pyridine rings is 1. The summed E-state index contributed by atoms with van der Waals surface area (Å²) < 4.78 is 0. The Hall–Kier alpha value is -1.42. The minimum absolute atomic E-state index is 0. The summed E-state index contributed by atoms with van der Waals surface area (Å²) in [6.45, 7) is 12.4. The third-order valence-corrected chi connectivity index (χ3v) is 5.26. The largest absolute Gasteiger partial charge is 0.357 e. The maximum absolute atomic E-state index is 12.5. The second-order valence-electron chi connectivity index (χ2n) is 7.86. The van der Waals surface area contributed by atoms with Gasteiger partial charge in [0.05, 0.1) is 0 Å². The second kappa shape index (κ2) is 13.0. The van der Waals surface area contributed by atoms with Gasteiger partial charge in [0.15, 0.2) is 5.96 Å². The van der Waals surface area contributed by atoms with Gasteiger partial charge >= 0.3 is 0 Å². The monoisotopic (exact) mass is 516 g/mol. The summed E-state index contributed by atoms with van der Waals surface area (Å²) >= 11 is 0. The summed E-state index contributed by atoms with van der Waals surface area (Å²) in [5, 5.41) is 6.79. The second-order valence-corrected chi connectivity index (χ2v) is 7.86. The van der Waals surface area contributed by atoms with Crippen molar-refractivity contribution < 1.29 is 4.79 Å². The number of likely N-dealkylation sites (tertiary alicyclic amines) is 1. The molecule has 164 valence electrons. The number of carbonyl (C=O) groups excluding carboxylic acids is 1. The van der Waals surface area contributed by atoms with E-state index in [1.165, 1.54) is 0 Å². The highest BCUT2D eigenvalue weighted by atomic mass is 127. The summed E-state index contributed by atoms with van der Waals surface area (Å²) in [7, 11) is 1.82. The molecule has 0 bridgehead atoms. The van der Waals surface area contributed by atoms with E-state index in [0.717, 1.165) is 37.7 Å². The van der Waals surface area contributed by atoms with E-state index in [2.05, 4.69) is 46.3 Å². The number of hydrogen-bond donors (Lipinski definition) is 2. The molecule has 1 amide bonds. The lowest BCUT2D eigenvalue weighted by Crippen LogP contribution is -2.47. The molecule has 2 rings (SSSR count). The Labute approximate surface area is 192 Å². The van der Waals surface area contributed by atoms with Crippen molar-refractivity contribution in [1.29, 1.82) is 0 Å². The molecule has 1 saturated heterocycles. The molecule has 7 nitrogen and oxygen atoms in total. The molecule has 2 unspecified atom stereocenters. The van der Waals surface area contributed by atoms with E-state index in [9.17, 15) is 4.79 Å². The minimum atomic E-state index is 0. The van der Waals surface area contributed by atoms with Crippen molar-refractivity contribution in [1.82, 2.24) is 25.4 Å². The molecule has 1 aromatic heterocycles. The highest BCUT2D eigenvalue weighted by molar-refractivity contribution is 14.0. The molecule has 1 aromatic rings. The quantitative estimate of drug-likeness (QED) is 0.314. The number of aromatic nitrogens is 1. The van der Waals surface area contributed by atoms with Crippen molar-refractivity contribution >= 4 is 35.8 Å². The molecule has 1 aliphatic heterocycles. The number of hydrogen-bond acceptors (Lipinski definition) is 4. The molecule has 2 heterocycles. The number of nitrogens with zero attached hydrogens (tertiary/aromatic N) is 4. The highest BCUT2D eigenvalue weighted by Crippen LogP contribution is 2.18. The maximum atomic E-state index is 12.5. The van der Waals surface area contributed by atoms with Crippen LogP contribution in [0.4, 0.5) is 0 Å². The van der Waals surface area contributed by atoms with Gasteiger partial charge in [0.2, 0.25) is 5.91 Å². The van der Waals surface area contributed by atoms with Gasteiger partial charge in [-0.3, -0.25) is 14.7 Å². The van der Waals surface area contributed by atoms with Gasteiger partial charge in [-0.1, -0.05) is 13.0 Å². The average Bonchev–Trinajstić information content (AvgIpc) is 3.05. The van der Waals surface area contributed by atoms with Crippen LogP contribution >= 0.6 is 24.0 Å². The Morgan fingerprint density at radius 1 is 1.38 bits per heavy atom. The lowest BCUT2D eigenvalue weighted by Gasteiger charge is -2.22. The standard InChI is InChI=1S/C21H36N6O.HI/c1-6-22-21(25-19-15-27(16(2)3)14-17(19)4)24-13-20(28)26(5)12-10-18-9-7-8-11-23-18;/h7-9,11,16-17,19H,6,10,12-15H2,1-5H3,(H2,22,24,25);1H. The van der Waals surface area contributed by atoms with Gasteiger partial charge in [-0.15, -0.1) is 24.0 Å². The van der Waals surface area contributed by atoms with Crippen LogP contribution in [0.1, 0.15) is 33.4 Å². The van der Waals surface area contributed by atoms with Gasteiger partial charge in [-0.2, -0.15) is 0 Å². The predicted molar refractivity (Wildman–Crippen MR) is 130 cm³/mol. The van der Waals surface area contributed by atoms with Crippen molar-refractivity contribution in [2.45, 2.75) is 46.2 Å². The summed E-state index contributed by atoms with van der Waals surface area (Å²) in [5.74, 6) is 1.27. The number of carbonyl (C=O) groups is 1. The number of likely N-dealkylation sites (N-methyl/N-ethyl adjacent to an activating group) is 1. The van der Waals surface area contributed by atoms with Crippen LogP contribution < -0.4 is 10.6 Å². The third kappa shape index (κ3) is 8.46. The first-order valence-corrected chi connectivity index (χ1v) is 10.3. The van der Waals surface area contributed by atoms with E-state index in [-0.39, 0.29) is 36.4 Å². The molecule has 2 atom stereocenters. The summed E-state index contributed by atoms with van der Waals surface area (Å²) in [6.07, 6.45) is 2.52. The normalized spacial score (nSPS) is 19.7. The fourth-order valence-electron chi connectivity index (χ4n) is 3.33. The van der Waals surface area contributed by atoms with E-state index in [1.54, 1.807) is 11.1 Å². The van der Waals surface area contributed by atoms with Crippen LogP contribution in [0, 0.1) is 5.92 Å². The van der Waals surface area contributed by atoms with Crippen LogP contribution in [0.25, 0.3) is 0 Å². The Balaban J connectivity index is 0.00000420. The van der Waals surface area contributed by atoms with E-state index in [0.29, 0.717) is 24.5 Å². The first-order chi connectivity index (χ1) is 13.4. The van der Waals surface area contributed by atoms with Crippen LogP contribution in [0.15, 0.2) is 29.4 Å². The molecular formula is C21H37IN6O. The first-order valence-electron chi connectivity index (χ1n) is 10.3. The van der Waals surface area contributed by atoms with Crippen LogP contribution in [0.3, 0.4) is 0 Å². The number of amides is 1. The number of aliphatic imine (C=N–C) groups is 1. The van der Waals surface area contributed by atoms with E-state index in [1.807, 2.05) is 32.2 Å². The van der Waals surface area contributed by atoms with Gasteiger partial charge in [-0.25, -0.2) is 4.99 Å². The highest BCUT2D eigenvalue weighted by Gasteiger charge is 2.31. The fraction of sp³-hybridized carbons (Fsp3) is 0.667. The Kier molecular flexibility index (Phi) is 11.5. The molecule has 0 aromatic carbocycles. The lowest BCUT2D eigenvalue weighted by atomic mass is 10.1. The van der Waals surface area contributed by atoms with E-state index >= 15 is 0 Å². The molecule has 2 N–H and O–H groups in total. The topological polar surface area (TPSA) is 72.9 Å². The Bertz CT molecular complexity index is 639. The van der Waals surface area contributed by atoms with Crippen LogP contribution in [-0.4, -0.2) is 78.5 Å². The Morgan fingerprint density at radius 2 is 2.14 bits per heavy atom. The average molecular weight is 516 g/mol. The molecule has 0 spiro atoms. The van der Waals surface area contributed by atoms with Gasteiger partial charge < -0.3 is 15.5 Å². The van der Waals surface area contributed by atoms with Crippen molar-refractivity contribution in [3.63, 3.8) is 0 Å². The molecular weight excluding hydrogens is 479 g/mol. The zero-order valence-electron chi connectivity index (χ0n) is 18.4. The third-order valence-electron chi connectivity index (χ3n) is 5.26. The van der Waals surface area contributed by atoms with Crippen LogP contribution in [0.2, 0.25) is 0 Å². The van der Waals surface area contributed by atoms with Gasteiger partial charge in [0.1, 0.15) is 6.54 Å². The molecule has 1 aliphatic rings. The van der Waals surface area contributed by atoms with Gasteiger partial charge in [0.25, 0.3) is 0 Å². The molecule has 0 radical (unpaired) electrons. The number of halogens is 1. The molecule has 1 fully saturated rings.